The van der Waals surface area contributed by atoms with Gasteiger partial charge in [-0.25, -0.2) is 9.37 Å². The summed E-state index contributed by atoms with van der Waals surface area (Å²) in [6.07, 6.45) is -2.52. The highest BCUT2D eigenvalue weighted by Crippen LogP contribution is 2.29. The van der Waals surface area contributed by atoms with Crippen LogP contribution in [0, 0.1) is 5.82 Å². The van der Waals surface area contributed by atoms with Crippen molar-refractivity contribution in [3.63, 3.8) is 0 Å². The maximum absolute atomic E-state index is 13.8. The van der Waals surface area contributed by atoms with E-state index < -0.39 is 17.6 Å². The molecule has 0 saturated carbocycles. The van der Waals surface area contributed by atoms with Crippen LogP contribution in [-0.2, 0) is 17.4 Å². The van der Waals surface area contributed by atoms with Gasteiger partial charge >= 0.3 is 6.18 Å². The van der Waals surface area contributed by atoms with Crippen molar-refractivity contribution in [2.75, 3.05) is 18.0 Å². The van der Waals surface area contributed by atoms with Gasteiger partial charge in [-0.2, -0.15) is 13.2 Å². The number of halogens is 5. The highest BCUT2D eigenvalue weighted by atomic mass is 35.5. The van der Waals surface area contributed by atoms with Crippen LogP contribution in [0.4, 0.5) is 23.4 Å². The molecule has 0 bridgehead atoms. The first-order valence-corrected chi connectivity index (χ1v) is 9.12. The van der Waals surface area contributed by atoms with E-state index in [2.05, 4.69) is 10.3 Å². The van der Waals surface area contributed by atoms with Gasteiger partial charge in [-0.1, -0.05) is 17.7 Å². The second-order valence-corrected chi connectivity index (χ2v) is 7.02. The molecule has 3 rings (SSSR count). The predicted molar refractivity (Wildman–Crippen MR) is 97.7 cm³/mol. The molecule has 2 heterocycles. The normalized spacial score (nSPS) is 15.5. The van der Waals surface area contributed by atoms with Crippen LogP contribution in [0.15, 0.2) is 36.5 Å². The maximum atomic E-state index is 13.8. The Balaban J connectivity index is 1.52. The molecule has 1 amide bonds. The number of carbonyl (C=O) groups is 1. The van der Waals surface area contributed by atoms with Gasteiger partial charge in [0.05, 0.1) is 12.0 Å². The quantitative estimate of drug-likeness (QED) is 0.760. The zero-order valence-electron chi connectivity index (χ0n) is 14.8. The van der Waals surface area contributed by atoms with Gasteiger partial charge in [-0.15, -0.1) is 0 Å². The van der Waals surface area contributed by atoms with Gasteiger partial charge in [0.1, 0.15) is 11.6 Å². The van der Waals surface area contributed by atoms with Crippen LogP contribution in [-0.4, -0.2) is 30.0 Å². The van der Waals surface area contributed by atoms with Gasteiger partial charge in [0.2, 0.25) is 5.91 Å². The number of nitrogens with one attached hydrogen (secondary N) is 1. The third kappa shape index (κ3) is 4.92. The van der Waals surface area contributed by atoms with Crippen LogP contribution >= 0.6 is 11.6 Å². The Hall–Kier alpha value is -2.35. The number of aromatic nitrogens is 1. The molecule has 1 fully saturated rings. The Morgan fingerprint density at radius 3 is 2.50 bits per heavy atom. The molecule has 9 heteroatoms. The molecule has 4 nitrogen and oxygen atoms in total. The van der Waals surface area contributed by atoms with E-state index in [4.69, 9.17) is 11.6 Å². The van der Waals surface area contributed by atoms with E-state index in [0.29, 0.717) is 31.7 Å². The number of hydrogen-bond donors (Lipinski definition) is 1. The number of alkyl halides is 3. The number of hydrogen-bond acceptors (Lipinski definition) is 3. The Morgan fingerprint density at radius 1 is 1.21 bits per heavy atom. The van der Waals surface area contributed by atoms with Crippen molar-refractivity contribution in [3.05, 3.63) is 58.5 Å². The largest absolute Gasteiger partial charge is 0.417 e. The fourth-order valence-electron chi connectivity index (χ4n) is 3.13. The molecule has 1 aliphatic heterocycles. The third-order valence-electron chi connectivity index (χ3n) is 4.66. The van der Waals surface area contributed by atoms with Gasteiger partial charge in [-0.3, -0.25) is 4.79 Å². The molecule has 1 aromatic heterocycles. The molecule has 0 spiro atoms. The molecule has 1 N–H and O–H groups in total. The van der Waals surface area contributed by atoms with Crippen LogP contribution in [0.5, 0.6) is 0 Å². The van der Waals surface area contributed by atoms with Crippen LogP contribution in [0.3, 0.4) is 0 Å². The van der Waals surface area contributed by atoms with Crippen molar-refractivity contribution < 1.29 is 22.4 Å². The first kappa shape index (κ1) is 20.4. The lowest BCUT2D eigenvalue weighted by molar-refractivity contribution is -0.137. The van der Waals surface area contributed by atoms with E-state index in [1.807, 2.05) is 4.90 Å². The monoisotopic (exact) mass is 415 g/mol. The highest BCUT2D eigenvalue weighted by molar-refractivity contribution is 6.31. The Labute approximate surface area is 164 Å². The van der Waals surface area contributed by atoms with Crippen LogP contribution in [0.25, 0.3) is 0 Å². The van der Waals surface area contributed by atoms with Crippen molar-refractivity contribution in [3.8, 4) is 0 Å². The lowest BCUT2D eigenvalue weighted by atomic mass is 10.0. The maximum Gasteiger partial charge on any atom is 0.417 e. The van der Waals surface area contributed by atoms with Crippen LogP contribution in [0.2, 0.25) is 5.02 Å². The Bertz CT molecular complexity index is 814. The summed E-state index contributed by atoms with van der Waals surface area (Å²) in [6.45, 7) is 1.09. The molecule has 0 radical (unpaired) electrons. The number of nitrogens with zero attached hydrogens (tertiary/aromatic N) is 2. The molecule has 0 aliphatic carbocycles. The summed E-state index contributed by atoms with van der Waals surface area (Å²) in [4.78, 5) is 18.0. The van der Waals surface area contributed by atoms with Crippen molar-refractivity contribution >= 4 is 23.3 Å². The number of rotatable bonds is 4. The minimum atomic E-state index is -4.41. The van der Waals surface area contributed by atoms with Crippen molar-refractivity contribution in [2.24, 2.45) is 0 Å². The standard InChI is InChI=1S/C19H18ClF4N3O/c20-15-2-1-3-16(21)14(15)10-18(28)26-13-6-8-27(9-7-13)17-5-4-12(11-25-17)19(22,23)24/h1-5,11,13H,6-10H2,(H,26,28). The van der Waals surface area contributed by atoms with Crippen molar-refractivity contribution in [1.82, 2.24) is 10.3 Å². The minimum Gasteiger partial charge on any atom is -0.356 e. The summed E-state index contributed by atoms with van der Waals surface area (Å²) in [5.41, 5.74) is -0.627. The molecule has 1 aromatic carbocycles. The summed E-state index contributed by atoms with van der Waals surface area (Å²) in [7, 11) is 0. The van der Waals surface area contributed by atoms with Gasteiger partial charge in [0.25, 0.3) is 0 Å². The summed E-state index contributed by atoms with van der Waals surface area (Å²) < 4.78 is 51.6. The van der Waals surface area contributed by atoms with E-state index in [9.17, 15) is 22.4 Å². The van der Waals surface area contributed by atoms with Gasteiger partial charge < -0.3 is 10.2 Å². The molecule has 0 atom stereocenters. The number of carbonyl (C=O) groups excluding carboxylic acids is 1. The molecule has 150 valence electrons. The number of amides is 1. The molecule has 2 aromatic rings. The molecule has 1 saturated heterocycles. The zero-order chi connectivity index (χ0) is 20.3. The molecule has 1 aliphatic rings. The number of pyridine rings is 1. The van der Waals surface area contributed by atoms with Crippen molar-refractivity contribution in [2.45, 2.75) is 31.5 Å². The minimum absolute atomic E-state index is 0.0938. The molecule has 28 heavy (non-hydrogen) atoms. The topological polar surface area (TPSA) is 45.2 Å². The van der Waals surface area contributed by atoms with E-state index >= 15 is 0 Å². The lowest BCUT2D eigenvalue weighted by Gasteiger charge is -2.33. The van der Waals surface area contributed by atoms with Crippen LogP contribution < -0.4 is 10.2 Å². The SMILES string of the molecule is O=C(Cc1c(F)cccc1Cl)NC1CCN(c2ccc(C(F)(F)F)cn2)CC1. The second-order valence-electron chi connectivity index (χ2n) is 6.61. The number of anilines is 1. The van der Waals surface area contributed by atoms with E-state index in [0.717, 1.165) is 12.3 Å². The third-order valence-corrected chi connectivity index (χ3v) is 5.01. The lowest BCUT2D eigenvalue weighted by Crippen LogP contribution is -2.45. The van der Waals surface area contributed by atoms with Gasteiger partial charge in [-0.05, 0) is 37.1 Å². The molecule has 0 unspecified atom stereocenters. The van der Waals surface area contributed by atoms with E-state index in [1.54, 1.807) is 0 Å². The smallest absolute Gasteiger partial charge is 0.356 e. The summed E-state index contributed by atoms with van der Waals surface area (Å²) in [5, 5.41) is 3.07. The van der Waals surface area contributed by atoms with E-state index in [-0.39, 0.29) is 29.0 Å². The second kappa shape index (κ2) is 8.34. The van der Waals surface area contributed by atoms with Gasteiger partial charge in [0.15, 0.2) is 0 Å². The number of piperidine rings is 1. The Morgan fingerprint density at radius 2 is 1.93 bits per heavy atom. The van der Waals surface area contributed by atoms with Crippen molar-refractivity contribution in [1.29, 1.82) is 0 Å². The van der Waals surface area contributed by atoms with E-state index in [1.165, 1.54) is 24.3 Å². The molecular weight excluding hydrogens is 398 g/mol. The molecular formula is C19H18ClF4N3O. The zero-order valence-corrected chi connectivity index (χ0v) is 15.5. The average Bonchev–Trinajstić information content (AvgIpc) is 2.65. The fraction of sp³-hybridized carbons (Fsp3) is 0.368. The summed E-state index contributed by atoms with van der Waals surface area (Å²) in [6, 6.07) is 6.52. The van der Waals surface area contributed by atoms with Gasteiger partial charge in [0, 0.05) is 35.9 Å². The van der Waals surface area contributed by atoms with Crippen LogP contribution in [0.1, 0.15) is 24.0 Å². The summed E-state index contributed by atoms with van der Waals surface area (Å²) in [5.74, 6) is -0.375. The Kier molecular flexibility index (Phi) is 6.07. The average molecular weight is 416 g/mol. The first-order valence-electron chi connectivity index (χ1n) is 8.74. The fourth-order valence-corrected chi connectivity index (χ4v) is 3.36. The number of benzene rings is 1. The highest BCUT2D eigenvalue weighted by Gasteiger charge is 2.31. The predicted octanol–water partition coefficient (Wildman–Crippen LogP) is 4.22. The first-order chi connectivity index (χ1) is 13.2. The summed E-state index contributed by atoms with van der Waals surface area (Å²) >= 11 is 5.94.